The third kappa shape index (κ3) is 4.22. The van der Waals surface area contributed by atoms with Crippen molar-refractivity contribution in [2.45, 2.75) is 93.4 Å². The number of rotatable bonds is 4. The summed E-state index contributed by atoms with van der Waals surface area (Å²) < 4.78 is 10.6. The Morgan fingerprint density at radius 1 is 1.05 bits per heavy atom. The van der Waals surface area contributed by atoms with E-state index in [2.05, 4.69) is 50.3 Å². The number of anilines is 1. The highest BCUT2D eigenvalue weighted by molar-refractivity contribution is 6.06. The predicted molar refractivity (Wildman–Crippen MR) is 162 cm³/mol. The number of carbonyl (C=O) groups excluding carboxylic acids is 3. The van der Waals surface area contributed by atoms with Gasteiger partial charge in [-0.25, -0.2) is 0 Å². The molecular weight excluding hydrogens is 544 g/mol. The van der Waals surface area contributed by atoms with Gasteiger partial charge in [0.05, 0.1) is 5.41 Å². The number of nitrogens with one attached hydrogen (secondary N) is 1. The normalized spacial score (nSPS) is 38.4. The molecule has 0 unspecified atom stereocenters. The Balaban J connectivity index is 1.27. The van der Waals surface area contributed by atoms with Crippen LogP contribution in [0.3, 0.4) is 0 Å². The van der Waals surface area contributed by atoms with Gasteiger partial charge in [0, 0.05) is 17.1 Å². The lowest BCUT2D eigenvalue weighted by Crippen LogP contribution is -2.62. The van der Waals surface area contributed by atoms with Gasteiger partial charge >= 0.3 is 5.97 Å². The van der Waals surface area contributed by atoms with Gasteiger partial charge in [-0.3, -0.25) is 14.4 Å². The summed E-state index contributed by atoms with van der Waals surface area (Å²) >= 11 is 0. The molecule has 1 heterocycles. The van der Waals surface area contributed by atoms with Crippen LogP contribution in [0, 0.1) is 39.9 Å². The number of carbonyl (C=O) groups is 3. The van der Waals surface area contributed by atoms with Crippen LogP contribution in [0.2, 0.25) is 0 Å². The quantitative estimate of drug-likeness (QED) is 0.360. The second kappa shape index (κ2) is 9.54. The number of aliphatic hydroxyl groups is 1. The molecule has 3 saturated carbocycles. The van der Waals surface area contributed by atoms with Crippen molar-refractivity contribution in [3.05, 3.63) is 58.1 Å². The number of nitrogens with zero attached hydrogens (tertiary/aromatic N) is 1. The first kappa shape index (κ1) is 29.6. The molecule has 43 heavy (non-hydrogen) atoms. The molecule has 0 aliphatic heterocycles. The van der Waals surface area contributed by atoms with Crippen molar-refractivity contribution >= 4 is 23.5 Å². The second-order valence-corrected chi connectivity index (χ2v) is 15.1. The van der Waals surface area contributed by atoms with Crippen LogP contribution in [0.25, 0.3) is 0 Å². The molecule has 0 spiro atoms. The number of amides is 1. The van der Waals surface area contributed by atoms with Gasteiger partial charge in [-0.1, -0.05) is 50.6 Å². The smallest absolute Gasteiger partial charge is 0.312 e. The maximum Gasteiger partial charge on any atom is 0.312 e. The Hall–Kier alpha value is -3.42. The molecular formula is C35H44N2O6. The lowest BCUT2D eigenvalue weighted by atomic mass is 9.34. The Kier molecular flexibility index (Phi) is 6.58. The third-order valence-corrected chi connectivity index (χ3v) is 12.6. The van der Waals surface area contributed by atoms with E-state index in [0.717, 1.165) is 49.7 Å². The van der Waals surface area contributed by atoms with Gasteiger partial charge in [0.1, 0.15) is 5.76 Å². The molecule has 5 aliphatic carbocycles. The monoisotopic (exact) mass is 588 g/mol. The minimum atomic E-state index is -0.692. The maximum absolute atomic E-state index is 13.6. The van der Waals surface area contributed by atoms with Crippen LogP contribution >= 0.6 is 0 Å². The molecule has 1 amide bonds. The SMILES string of the molecule is CC1=C(O)C(=O)C=C2C1=CC=C1[C@@]2(C)CC[C@@]2(C)[C@@H]3C[C@](C)(C(=O)OCC(=O)Nc4cc(C)on4)CC[C@]3(C)CC[C@]12C. The molecule has 6 atom stereocenters. The van der Waals surface area contributed by atoms with Gasteiger partial charge in [-0.05, 0) is 105 Å². The summed E-state index contributed by atoms with van der Waals surface area (Å²) in [5, 5.41) is 16.8. The highest BCUT2D eigenvalue weighted by Gasteiger charge is 2.67. The zero-order valence-corrected chi connectivity index (χ0v) is 26.5. The van der Waals surface area contributed by atoms with Crippen molar-refractivity contribution in [3.63, 3.8) is 0 Å². The highest BCUT2D eigenvalue weighted by Crippen LogP contribution is 2.75. The molecule has 3 fully saturated rings. The molecule has 6 rings (SSSR count). The van der Waals surface area contributed by atoms with Gasteiger partial charge in [0.25, 0.3) is 5.91 Å². The predicted octanol–water partition coefficient (Wildman–Crippen LogP) is 7.09. The summed E-state index contributed by atoms with van der Waals surface area (Å²) in [4.78, 5) is 38.8. The number of ether oxygens (including phenoxy) is 1. The van der Waals surface area contributed by atoms with E-state index in [0.29, 0.717) is 23.6 Å². The van der Waals surface area contributed by atoms with Crippen LogP contribution in [-0.2, 0) is 19.1 Å². The highest BCUT2D eigenvalue weighted by atomic mass is 16.5. The number of ketones is 1. The van der Waals surface area contributed by atoms with Crippen LogP contribution in [0.1, 0.15) is 92.2 Å². The first-order valence-electron chi connectivity index (χ1n) is 15.6. The fraction of sp³-hybridized carbons (Fsp3) is 0.600. The lowest BCUT2D eigenvalue weighted by molar-refractivity contribution is -0.182. The number of allylic oxidation sites excluding steroid dienone is 7. The van der Waals surface area contributed by atoms with Crippen LogP contribution < -0.4 is 5.32 Å². The summed E-state index contributed by atoms with van der Waals surface area (Å²) in [7, 11) is 0. The van der Waals surface area contributed by atoms with Gasteiger partial charge in [0.15, 0.2) is 18.2 Å². The fourth-order valence-corrected chi connectivity index (χ4v) is 9.55. The molecule has 8 heteroatoms. The summed E-state index contributed by atoms with van der Waals surface area (Å²) in [5.41, 5.74) is 2.91. The summed E-state index contributed by atoms with van der Waals surface area (Å²) in [6.45, 7) is 14.7. The van der Waals surface area contributed by atoms with Crippen LogP contribution in [0.4, 0.5) is 5.82 Å². The van der Waals surface area contributed by atoms with Crippen molar-refractivity contribution in [1.29, 1.82) is 0 Å². The Morgan fingerprint density at radius 3 is 2.47 bits per heavy atom. The van der Waals surface area contributed by atoms with E-state index in [4.69, 9.17) is 9.26 Å². The Labute approximate surface area is 253 Å². The molecule has 5 aliphatic rings. The largest absolute Gasteiger partial charge is 0.504 e. The molecule has 0 radical (unpaired) electrons. The van der Waals surface area contributed by atoms with Crippen molar-refractivity contribution in [1.82, 2.24) is 5.16 Å². The van der Waals surface area contributed by atoms with Gasteiger partial charge in [0.2, 0.25) is 5.78 Å². The molecule has 0 bridgehead atoms. The molecule has 0 aromatic carbocycles. The topological polar surface area (TPSA) is 119 Å². The van der Waals surface area contributed by atoms with Crippen LogP contribution in [0.5, 0.6) is 0 Å². The number of fused-ring (bicyclic) bond motifs is 7. The van der Waals surface area contributed by atoms with Gasteiger partial charge in [-0.15, -0.1) is 0 Å². The summed E-state index contributed by atoms with van der Waals surface area (Å²) in [5.74, 6) is -0.0809. The van der Waals surface area contributed by atoms with Crippen molar-refractivity contribution in [2.24, 2.45) is 33.0 Å². The number of aryl methyl sites for hydroxylation is 1. The van der Waals surface area contributed by atoms with Crippen LogP contribution in [-0.4, -0.2) is 34.5 Å². The zero-order chi connectivity index (χ0) is 31.2. The third-order valence-electron chi connectivity index (χ3n) is 12.6. The molecule has 8 nitrogen and oxygen atoms in total. The van der Waals surface area contributed by atoms with Crippen molar-refractivity contribution in [3.8, 4) is 0 Å². The number of hydrogen-bond acceptors (Lipinski definition) is 7. The lowest BCUT2D eigenvalue weighted by Gasteiger charge is -2.70. The van der Waals surface area contributed by atoms with E-state index in [1.165, 1.54) is 5.57 Å². The maximum atomic E-state index is 13.6. The molecule has 2 N–H and O–H groups in total. The average molecular weight is 589 g/mol. The summed E-state index contributed by atoms with van der Waals surface area (Å²) in [6, 6.07) is 1.61. The van der Waals surface area contributed by atoms with E-state index >= 15 is 0 Å². The molecule has 0 saturated heterocycles. The number of aliphatic hydroxyl groups excluding tert-OH is 1. The minimum absolute atomic E-state index is 0.0763. The molecule has 1 aromatic heterocycles. The van der Waals surface area contributed by atoms with E-state index < -0.39 is 11.3 Å². The Bertz CT molecular complexity index is 1560. The van der Waals surface area contributed by atoms with E-state index in [1.807, 2.05) is 13.8 Å². The zero-order valence-electron chi connectivity index (χ0n) is 26.5. The van der Waals surface area contributed by atoms with Crippen molar-refractivity contribution < 1.29 is 28.8 Å². The Morgan fingerprint density at radius 2 is 1.77 bits per heavy atom. The van der Waals surface area contributed by atoms with E-state index in [-0.39, 0.29) is 51.7 Å². The van der Waals surface area contributed by atoms with Crippen LogP contribution in [0.15, 0.2) is 56.9 Å². The van der Waals surface area contributed by atoms with Gasteiger partial charge in [-0.2, -0.15) is 0 Å². The van der Waals surface area contributed by atoms with Crippen molar-refractivity contribution in [2.75, 3.05) is 11.9 Å². The number of hydrogen-bond donors (Lipinski definition) is 2. The average Bonchev–Trinajstić information content (AvgIpc) is 3.37. The molecule has 230 valence electrons. The first-order valence-corrected chi connectivity index (χ1v) is 15.6. The summed E-state index contributed by atoms with van der Waals surface area (Å²) in [6.07, 6.45) is 12.4. The first-order chi connectivity index (χ1) is 20.1. The number of aromatic nitrogens is 1. The minimum Gasteiger partial charge on any atom is -0.504 e. The fourth-order valence-electron chi connectivity index (χ4n) is 9.55. The van der Waals surface area contributed by atoms with E-state index in [1.54, 1.807) is 19.1 Å². The second-order valence-electron chi connectivity index (χ2n) is 15.1. The van der Waals surface area contributed by atoms with Gasteiger partial charge < -0.3 is 19.7 Å². The number of esters is 1. The van der Waals surface area contributed by atoms with E-state index in [9.17, 15) is 19.5 Å². The standard InChI is InChI=1S/C35H44N2O6/c1-20-16-27(37-43-20)36-28(39)19-42-30(41)32(4)11-10-31(3)12-14-34(6)25-9-8-22-21(2)29(40)24(38)17-23(22)33(25,5)13-15-35(34,7)26(31)18-32/h8-9,16-17,26,40H,10-15,18-19H2,1-7H3,(H,36,37,39)/t26-,31-,32-,33+,34-,35+/m1/s1. The molecule has 1 aromatic rings.